The maximum absolute atomic E-state index is 3.53. The molecule has 0 radical (unpaired) electrons. The molecule has 0 heterocycles. The van der Waals surface area contributed by atoms with Crippen molar-refractivity contribution < 1.29 is 0 Å². The Hall–Kier alpha value is -7.56. The van der Waals surface area contributed by atoms with E-state index in [2.05, 4.69) is 218 Å². The molecule has 0 atom stereocenters. The zero-order valence-electron chi connectivity index (χ0n) is 29.3. The second kappa shape index (κ2) is 13.2. The minimum Gasteiger partial charge on any atom is -0.0616 e. The minimum atomic E-state index is 0.886. The molecule has 0 saturated carbocycles. The summed E-state index contributed by atoms with van der Waals surface area (Å²) in [4.78, 5) is 0. The number of hydrogen-bond donors (Lipinski definition) is 0. The van der Waals surface area contributed by atoms with Crippen LogP contribution in [0.4, 0.5) is 0 Å². The SMILES string of the molecule is C1#Cc2cc(-c3ccc4ccccc4c3)ccc2C#Cc2cc(-c3ccc4ccccc4c3)ccc2C#Cc2cc(-c3ccc4ccccc4c3)ccc21. The molecule has 0 amide bonds. The van der Waals surface area contributed by atoms with Crippen LogP contribution in [-0.2, 0) is 0 Å². The number of benzene rings is 9. The van der Waals surface area contributed by atoms with Gasteiger partial charge in [-0.25, -0.2) is 0 Å². The largest absolute Gasteiger partial charge is 0.0616 e. The average molecular weight is 679 g/mol. The van der Waals surface area contributed by atoms with Gasteiger partial charge in [0.15, 0.2) is 0 Å². The van der Waals surface area contributed by atoms with E-state index in [0.717, 1.165) is 66.8 Å². The zero-order chi connectivity index (χ0) is 35.8. The molecule has 0 aliphatic heterocycles. The molecule has 0 saturated heterocycles. The van der Waals surface area contributed by atoms with Gasteiger partial charge in [-0.2, -0.15) is 0 Å². The topological polar surface area (TPSA) is 0 Å². The van der Waals surface area contributed by atoms with Gasteiger partial charge in [0.1, 0.15) is 0 Å². The Labute approximate surface area is 315 Å². The predicted octanol–water partition coefficient (Wildman–Crippen LogP) is 12.7. The summed E-state index contributed by atoms with van der Waals surface area (Å²) in [6.07, 6.45) is 0. The van der Waals surface area contributed by atoms with Crippen LogP contribution in [0.1, 0.15) is 33.4 Å². The molecule has 0 N–H and O–H groups in total. The zero-order valence-corrected chi connectivity index (χ0v) is 29.3. The second-order valence-electron chi connectivity index (χ2n) is 13.7. The van der Waals surface area contributed by atoms with Crippen LogP contribution < -0.4 is 0 Å². The van der Waals surface area contributed by atoms with Crippen molar-refractivity contribution in [3.63, 3.8) is 0 Å². The molecule has 246 valence electrons. The van der Waals surface area contributed by atoms with Crippen molar-refractivity contribution in [1.29, 1.82) is 0 Å². The number of hydrogen-bond acceptors (Lipinski definition) is 0. The van der Waals surface area contributed by atoms with Gasteiger partial charge in [0.05, 0.1) is 0 Å². The maximum Gasteiger partial charge on any atom is 0.0411 e. The van der Waals surface area contributed by atoms with Crippen LogP contribution >= 0.6 is 0 Å². The van der Waals surface area contributed by atoms with Gasteiger partial charge >= 0.3 is 0 Å². The summed E-state index contributed by atoms with van der Waals surface area (Å²) < 4.78 is 0. The standard InChI is InChI=1S/C54H30/c1-4-10-43-31-49(25-13-37(43)7-1)52-28-19-40-17-23-47-35-54(51-27-15-39-9-3-6-12-45(39)33-51)30-21-42(47)18-24-48-36-53(29-20-41(48)16-22-46(40)34-52)50-26-14-38-8-2-5-11-44(38)32-50/h1-15,19-21,25-36H. The van der Waals surface area contributed by atoms with E-state index in [1.807, 2.05) is 0 Å². The highest BCUT2D eigenvalue weighted by Gasteiger charge is 2.10. The van der Waals surface area contributed by atoms with Crippen LogP contribution in [0, 0.1) is 35.5 Å². The average Bonchev–Trinajstić information content (AvgIpc) is 3.23. The molecule has 0 nitrogen and oxygen atoms in total. The first-order valence-corrected chi connectivity index (χ1v) is 18.2. The van der Waals surface area contributed by atoms with E-state index in [-0.39, 0.29) is 0 Å². The number of rotatable bonds is 3. The van der Waals surface area contributed by atoms with Crippen molar-refractivity contribution in [1.82, 2.24) is 0 Å². The van der Waals surface area contributed by atoms with E-state index in [9.17, 15) is 0 Å². The first kappa shape index (κ1) is 31.2. The molecule has 0 aromatic heterocycles. The lowest BCUT2D eigenvalue weighted by molar-refractivity contribution is 1.53. The molecule has 54 heavy (non-hydrogen) atoms. The molecular weight excluding hydrogens is 649 g/mol. The van der Waals surface area contributed by atoms with Gasteiger partial charge in [0.2, 0.25) is 0 Å². The highest BCUT2D eigenvalue weighted by molar-refractivity contribution is 5.90. The lowest BCUT2D eigenvalue weighted by atomic mass is 9.94. The van der Waals surface area contributed by atoms with E-state index < -0.39 is 0 Å². The van der Waals surface area contributed by atoms with E-state index in [1.165, 1.54) is 32.3 Å². The van der Waals surface area contributed by atoms with Crippen molar-refractivity contribution >= 4 is 32.3 Å². The van der Waals surface area contributed by atoms with Gasteiger partial charge in [0.25, 0.3) is 0 Å². The molecule has 1 aliphatic carbocycles. The summed E-state index contributed by atoms with van der Waals surface area (Å²) in [7, 11) is 0. The highest BCUT2D eigenvalue weighted by atomic mass is 14.1. The van der Waals surface area contributed by atoms with Crippen LogP contribution in [0.5, 0.6) is 0 Å². The summed E-state index contributed by atoms with van der Waals surface area (Å²) in [5.41, 5.74) is 12.1. The van der Waals surface area contributed by atoms with Crippen molar-refractivity contribution in [3.05, 3.63) is 215 Å². The monoisotopic (exact) mass is 678 g/mol. The summed E-state index contributed by atoms with van der Waals surface area (Å²) in [5, 5.41) is 7.30. The van der Waals surface area contributed by atoms with Crippen molar-refractivity contribution in [2.24, 2.45) is 0 Å². The van der Waals surface area contributed by atoms with Crippen LogP contribution in [0.2, 0.25) is 0 Å². The third-order valence-corrected chi connectivity index (χ3v) is 10.3. The van der Waals surface area contributed by atoms with Gasteiger partial charge in [0, 0.05) is 33.4 Å². The maximum atomic E-state index is 3.53. The quantitative estimate of drug-likeness (QED) is 0.163. The summed E-state index contributed by atoms with van der Waals surface area (Å²) in [5.74, 6) is 21.1. The van der Waals surface area contributed by atoms with Crippen molar-refractivity contribution in [2.45, 2.75) is 0 Å². The molecule has 0 bridgehead atoms. The van der Waals surface area contributed by atoms with Gasteiger partial charge in [-0.05, 0) is 120 Å². The Morgan fingerprint density at radius 3 is 0.741 bits per heavy atom. The van der Waals surface area contributed by atoms with Gasteiger partial charge in [-0.3, -0.25) is 0 Å². The van der Waals surface area contributed by atoms with Gasteiger partial charge in [-0.1, -0.05) is 163 Å². The van der Waals surface area contributed by atoms with Gasteiger partial charge in [-0.15, -0.1) is 0 Å². The van der Waals surface area contributed by atoms with Crippen LogP contribution in [0.3, 0.4) is 0 Å². The Morgan fingerprint density at radius 1 is 0.185 bits per heavy atom. The molecule has 10 rings (SSSR count). The summed E-state index contributed by atoms with van der Waals surface area (Å²) in [6.45, 7) is 0. The molecular formula is C54H30. The third kappa shape index (κ3) is 5.98. The van der Waals surface area contributed by atoms with Crippen molar-refractivity contribution in [2.75, 3.05) is 0 Å². The fourth-order valence-corrected chi connectivity index (χ4v) is 7.32. The van der Waals surface area contributed by atoms with Crippen molar-refractivity contribution in [3.8, 4) is 68.9 Å². The molecule has 0 spiro atoms. The normalized spacial score (nSPS) is 11.3. The lowest BCUT2D eigenvalue weighted by Gasteiger charge is -2.09. The smallest absolute Gasteiger partial charge is 0.0411 e. The van der Waals surface area contributed by atoms with Crippen LogP contribution in [-0.4, -0.2) is 0 Å². The fraction of sp³-hybridized carbons (Fsp3) is 0. The van der Waals surface area contributed by atoms with Gasteiger partial charge < -0.3 is 0 Å². The molecule has 0 fully saturated rings. The van der Waals surface area contributed by atoms with Crippen LogP contribution in [0.15, 0.2) is 182 Å². The Morgan fingerprint density at radius 2 is 0.426 bits per heavy atom. The number of fused-ring (bicyclic) bond motifs is 6. The Balaban J connectivity index is 1.14. The molecule has 9 aromatic carbocycles. The first-order valence-electron chi connectivity index (χ1n) is 18.2. The third-order valence-electron chi connectivity index (χ3n) is 10.3. The van der Waals surface area contributed by atoms with E-state index in [0.29, 0.717) is 0 Å². The lowest BCUT2D eigenvalue weighted by Crippen LogP contribution is -1.92. The molecule has 0 unspecified atom stereocenters. The van der Waals surface area contributed by atoms with Crippen LogP contribution in [0.25, 0.3) is 65.7 Å². The first-order chi connectivity index (χ1) is 26.7. The summed E-state index contributed by atoms with van der Waals surface area (Å²) in [6, 6.07) is 64.5. The highest BCUT2D eigenvalue weighted by Crippen LogP contribution is 2.30. The Kier molecular flexibility index (Phi) is 7.63. The predicted molar refractivity (Wildman–Crippen MR) is 226 cm³/mol. The van der Waals surface area contributed by atoms with E-state index in [4.69, 9.17) is 0 Å². The Bertz CT molecular complexity index is 2830. The second-order valence-corrected chi connectivity index (χ2v) is 13.7. The molecule has 9 aromatic rings. The summed E-state index contributed by atoms with van der Waals surface area (Å²) >= 11 is 0. The van der Waals surface area contributed by atoms with E-state index in [1.54, 1.807) is 0 Å². The van der Waals surface area contributed by atoms with E-state index >= 15 is 0 Å². The minimum absolute atomic E-state index is 0.886. The molecule has 1 aliphatic rings. The molecule has 0 heteroatoms. The fourth-order valence-electron chi connectivity index (χ4n) is 7.32.